The number of ether oxygens (including phenoxy) is 4. The highest BCUT2D eigenvalue weighted by Gasteiger charge is 2.40. The summed E-state index contributed by atoms with van der Waals surface area (Å²) in [6.45, 7) is 2.91. The third-order valence-electron chi connectivity index (χ3n) is 3.02. The van der Waals surface area contributed by atoms with Gasteiger partial charge in [-0.1, -0.05) is 0 Å². The Morgan fingerprint density at radius 2 is 1.65 bits per heavy atom. The largest absolute Gasteiger partial charge is 0.493 e. The van der Waals surface area contributed by atoms with E-state index in [1.165, 1.54) is 28.1 Å². The first kappa shape index (κ1) is 16.5. The van der Waals surface area contributed by atoms with Crippen LogP contribution in [-0.2, 0) is 19.1 Å². The van der Waals surface area contributed by atoms with E-state index in [1.54, 1.807) is 18.2 Å². The van der Waals surface area contributed by atoms with Gasteiger partial charge in [-0.25, -0.2) is 9.59 Å². The molecule has 0 aliphatic carbocycles. The molecule has 124 valence electrons. The Labute approximate surface area is 133 Å². The van der Waals surface area contributed by atoms with E-state index < -0.39 is 17.7 Å². The van der Waals surface area contributed by atoms with Crippen molar-refractivity contribution in [1.29, 1.82) is 0 Å². The number of nitrogens with one attached hydrogen (secondary N) is 1. The number of methoxy groups -OCH3 is 2. The van der Waals surface area contributed by atoms with E-state index in [-0.39, 0.29) is 11.4 Å². The lowest BCUT2D eigenvalue weighted by Gasteiger charge is -2.30. The number of benzene rings is 1. The molecule has 2 rings (SSSR count). The highest BCUT2D eigenvalue weighted by atomic mass is 16.7. The van der Waals surface area contributed by atoms with Crippen molar-refractivity contribution >= 4 is 17.6 Å². The van der Waals surface area contributed by atoms with Crippen LogP contribution >= 0.6 is 0 Å². The molecule has 1 aromatic carbocycles. The van der Waals surface area contributed by atoms with Gasteiger partial charge in [-0.2, -0.15) is 0 Å². The molecule has 0 aromatic heterocycles. The van der Waals surface area contributed by atoms with Crippen molar-refractivity contribution in [2.24, 2.45) is 5.73 Å². The summed E-state index contributed by atoms with van der Waals surface area (Å²) in [7, 11) is 3.00. The summed E-state index contributed by atoms with van der Waals surface area (Å²) in [4.78, 5) is 23.9. The third-order valence-corrected chi connectivity index (χ3v) is 3.02. The first-order valence-corrected chi connectivity index (χ1v) is 6.73. The van der Waals surface area contributed by atoms with E-state index in [0.29, 0.717) is 17.2 Å². The molecule has 3 N–H and O–H groups in total. The maximum absolute atomic E-state index is 11.9. The summed E-state index contributed by atoms with van der Waals surface area (Å²) in [6, 6.07) is 4.91. The molecular weight excluding hydrogens is 304 g/mol. The van der Waals surface area contributed by atoms with Crippen LogP contribution in [0.25, 0.3) is 0 Å². The Morgan fingerprint density at radius 3 is 2.17 bits per heavy atom. The molecule has 1 aromatic rings. The van der Waals surface area contributed by atoms with Gasteiger partial charge in [0.1, 0.15) is 5.82 Å². The minimum atomic E-state index is -1.32. The monoisotopic (exact) mass is 322 g/mol. The van der Waals surface area contributed by atoms with Crippen LogP contribution in [0.1, 0.15) is 13.8 Å². The fourth-order valence-corrected chi connectivity index (χ4v) is 2.00. The van der Waals surface area contributed by atoms with E-state index in [9.17, 15) is 9.59 Å². The van der Waals surface area contributed by atoms with E-state index >= 15 is 0 Å². The molecule has 1 aliphatic rings. The summed E-state index contributed by atoms with van der Waals surface area (Å²) >= 11 is 0. The van der Waals surface area contributed by atoms with Crippen LogP contribution in [0.15, 0.2) is 29.6 Å². The Hall–Kier alpha value is -2.90. The molecule has 1 fully saturated rings. The molecule has 1 saturated heterocycles. The van der Waals surface area contributed by atoms with Crippen LogP contribution in [0, 0.1) is 0 Å². The van der Waals surface area contributed by atoms with Gasteiger partial charge >= 0.3 is 11.9 Å². The van der Waals surface area contributed by atoms with Gasteiger partial charge in [0, 0.05) is 25.6 Å². The van der Waals surface area contributed by atoms with Crippen LogP contribution < -0.4 is 20.5 Å². The number of esters is 2. The zero-order chi connectivity index (χ0) is 17.2. The summed E-state index contributed by atoms with van der Waals surface area (Å²) in [5, 5.41) is 2.75. The van der Waals surface area contributed by atoms with Crippen molar-refractivity contribution in [2.45, 2.75) is 19.6 Å². The van der Waals surface area contributed by atoms with Crippen LogP contribution in [0.5, 0.6) is 11.5 Å². The molecular formula is C15H18N2O6. The Morgan fingerprint density at radius 1 is 1.09 bits per heavy atom. The molecule has 0 bridgehead atoms. The maximum atomic E-state index is 11.9. The van der Waals surface area contributed by atoms with E-state index in [1.807, 2.05) is 0 Å². The second-order valence-corrected chi connectivity index (χ2v) is 5.16. The molecule has 1 heterocycles. The number of carbonyl (C=O) groups is 2. The maximum Gasteiger partial charge on any atom is 0.352 e. The van der Waals surface area contributed by atoms with Crippen LogP contribution in [0.3, 0.4) is 0 Å². The minimum Gasteiger partial charge on any atom is -0.493 e. The number of hydrogen-bond donors (Lipinski definition) is 2. The van der Waals surface area contributed by atoms with E-state index in [0.717, 1.165) is 0 Å². The average molecular weight is 322 g/mol. The number of hydrogen-bond acceptors (Lipinski definition) is 8. The van der Waals surface area contributed by atoms with Crippen LogP contribution in [0.4, 0.5) is 5.69 Å². The quantitative estimate of drug-likeness (QED) is 0.482. The summed E-state index contributed by atoms with van der Waals surface area (Å²) in [5.74, 6) is -2.20. The SMILES string of the molecule is COc1ccc(NC(N)=C2C(=O)OC(C)(C)OC2=O)cc1OC. The summed E-state index contributed by atoms with van der Waals surface area (Å²) in [6.07, 6.45) is 0. The fraction of sp³-hybridized carbons (Fsp3) is 0.333. The van der Waals surface area contributed by atoms with Gasteiger partial charge in [0.2, 0.25) is 0 Å². The Bertz CT molecular complexity index is 659. The van der Waals surface area contributed by atoms with Gasteiger partial charge in [-0.15, -0.1) is 0 Å². The first-order valence-electron chi connectivity index (χ1n) is 6.73. The minimum absolute atomic E-state index is 0.178. The molecule has 0 unspecified atom stereocenters. The number of nitrogens with two attached hydrogens (primary N) is 1. The van der Waals surface area contributed by atoms with Crippen molar-refractivity contribution < 1.29 is 28.5 Å². The summed E-state index contributed by atoms with van der Waals surface area (Å²) in [5.41, 5.74) is 5.92. The lowest BCUT2D eigenvalue weighted by molar-refractivity contribution is -0.222. The molecule has 23 heavy (non-hydrogen) atoms. The topological polar surface area (TPSA) is 109 Å². The Kier molecular flexibility index (Phi) is 4.35. The van der Waals surface area contributed by atoms with Gasteiger partial charge in [0.05, 0.1) is 14.2 Å². The van der Waals surface area contributed by atoms with Gasteiger partial charge in [0.25, 0.3) is 5.79 Å². The summed E-state index contributed by atoms with van der Waals surface area (Å²) < 4.78 is 20.3. The van der Waals surface area contributed by atoms with Gasteiger partial charge < -0.3 is 30.0 Å². The van der Waals surface area contributed by atoms with Gasteiger partial charge in [0.15, 0.2) is 17.1 Å². The number of cyclic esters (lactones) is 2. The van der Waals surface area contributed by atoms with Gasteiger partial charge in [-0.3, -0.25) is 0 Å². The smallest absolute Gasteiger partial charge is 0.352 e. The molecule has 8 heteroatoms. The van der Waals surface area contributed by atoms with Crippen molar-refractivity contribution in [2.75, 3.05) is 19.5 Å². The van der Waals surface area contributed by atoms with Crippen molar-refractivity contribution in [3.63, 3.8) is 0 Å². The van der Waals surface area contributed by atoms with Gasteiger partial charge in [-0.05, 0) is 12.1 Å². The lowest BCUT2D eigenvalue weighted by Crippen LogP contribution is -2.43. The number of carbonyl (C=O) groups excluding carboxylic acids is 2. The molecule has 0 saturated carbocycles. The predicted molar refractivity (Wildman–Crippen MR) is 80.6 cm³/mol. The highest BCUT2D eigenvalue weighted by molar-refractivity contribution is 6.16. The molecule has 0 amide bonds. The average Bonchev–Trinajstić information content (AvgIpc) is 2.44. The molecule has 8 nitrogen and oxygen atoms in total. The second-order valence-electron chi connectivity index (χ2n) is 5.16. The van der Waals surface area contributed by atoms with Crippen LogP contribution in [0.2, 0.25) is 0 Å². The highest BCUT2D eigenvalue weighted by Crippen LogP contribution is 2.30. The zero-order valence-electron chi connectivity index (χ0n) is 13.3. The number of rotatable bonds is 4. The predicted octanol–water partition coefficient (Wildman–Crippen LogP) is 1.12. The van der Waals surface area contributed by atoms with Crippen molar-refractivity contribution in [3.05, 3.63) is 29.6 Å². The first-order chi connectivity index (χ1) is 10.8. The lowest BCUT2D eigenvalue weighted by atomic mass is 10.2. The Balaban J connectivity index is 2.29. The van der Waals surface area contributed by atoms with Crippen molar-refractivity contribution in [3.8, 4) is 11.5 Å². The van der Waals surface area contributed by atoms with E-state index in [2.05, 4.69) is 5.32 Å². The third kappa shape index (κ3) is 3.47. The standard InChI is InChI=1S/C15H18N2O6/c1-15(2)22-13(18)11(14(19)23-15)12(16)17-8-5-6-9(20-3)10(7-8)21-4/h5-7,17H,16H2,1-4H3. The van der Waals surface area contributed by atoms with Crippen LogP contribution in [-0.4, -0.2) is 31.9 Å². The molecule has 1 aliphatic heterocycles. The van der Waals surface area contributed by atoms with Crippen molar-refractivity contribution in [1.82, 2.24) is 0 Å². The number of anilines is 1. The molecule has 0 radical (unpaired) electrons. The molecule has 0 spiro atoms. The molecule has 0 atom stereocenters. The second kappa shape index (κ2) is 6.07. The van der Waals surface area contributed by atoms with E-state index in [4.69, 9.17) is 24.7 Å². The fourth-order valence-electron chi connectivity index (χ4n) is 2.00. The zero-order valence-corrected chi connectivity index (χ0v) is 13.3. The normalized spacial score (nSPS) is 16.3.